The lowest BCUT2D eigenvalue weighted by atomic mass is 10.1. The van der Waals surface area contributed by atoms with Gasteiger partial charge >= 0.3 is 0 Å². The molecular formula is C23H19FN2O5. The molecule has 0 unspecified atom stereocenters. The minimum atomic E-state index is -0.542. The van der Waals surface area contributed by atoms with Gasteiger partial charge in [0.05, 0.1) is 11.3 Å². The molecule has 8 heteroatoms. The largest absolute Gasteiger partial charge is 0.483 e. The molecule has 31 heavy (non-hydrogen) atoms. The van der Waals surface area contributed by atoms with E-state index in [4.69, 9.17) is 14.2 Å². The first kappa shape index (κ1) is 20.2. The molecule has 1 aliphatic heterocycles. The molecule has 3 aromatic carbocycles. The number of rotatable bonds is 7. The van der Waals surface area contributed by atoms with Crippen molar-refractivity contribution in [3.63, 3.8) is 0 Å². The lowest BCUT2D eigenvalue weighted by Crippen LogP contribution is -2.25. The van der Waals surface area contributed by atoms with Crippen molar-refractivity contribution in [1.82, 2.24) is 5.32 Å². The van der Waals surface area contributed by atoms with Crippen molar-refractivity contribution in [2.45, 2.75) is 6.54 Å². The average molecular weight is 422 g/mol. The van der Waals surface area contributed by atoms with Crippen LogP contribution in [0.1, 0.15) is 15.9 Å². The van der Waals surface area contributed by atoms with Gasteiger partial charge in [0.1, 0.15) is 11.6 Å². The fourth-order valence-electron chi connectivity index (χ4n) is 3.00. The smallest absolute Gasteiger partial charge is 0.262 e. The first-order valence-corrected chi connectivity index (χ1v) is 9.53. The molecule has 4 rings (SSSR count). The van der Waals surface area contributed by atoms with Crippen LogP contribution in [0.2, 0.25) is 0 Å². The molecule has 0 spiro atoms. The molecule has 0 saturated heterocycles. The Bertz CT molecular complexity index is 1120. The number of benzene rings is 3. The molecule has 2 N–H and O–H groups in total. The second-order valence-electron chi connectivity index (χ2n) is 6.68. The van der Waals surface area contributed by atoms with Crippen LogP contribution in [0.3, 0.4) is 0 Å². The van der Waals surface area contributed by atoms with Crippen molar-refractivity contribution in [3.8, 4) is 17.2 Å². The molecular weight excluding hydrogens is 403 g/mol. The summed E-state index contributed by atoms with van der Waals surface area (Å²) in [5.74, 6) is 0.107. The number of fused-ring (bicyclic) bond motifs is 1. The van der Waals surface area contributed by atoms with Crippen LogP contribution >= 0.6 is 0 Å². The maximum atomic E-state index is 13.7. The molecule has 0 saturated carbocycles. The van der Waals surface area contributed by atoms with Crippen LogP contribution in [0.5, 0.6) is 17.2 Å². The molecule has 0 aliphatic carbocycles. The monoisotopic (exact) mass is 422 g/mol. The van der Waals surface area contributed by atoms with E-state index in [2.05, 4.69) is 10.6 Å². The summed E-state index contributed by atoms with van der Waals surface area (Å²) in [6, 6.07) is 17.8. The highest BCUT2D eigenvalue weighted by atomic mass is 19.1. The van der Waals surface area contributed by atoms with E-state index in [9.17, 15) is 14.0 Å². The van der Waals surface area contributed by atoms with E-state index in [-0.39, 0.29) is 42.9 Å². The van der Waals surface area contributed by atoms with Gasteiger partial charge < -0.3 is 24.8 Å². The fraction of sp³-hybridized carbons (Fsp3) is 0.130. The van der Waals surface area contributed by atoms with Crippen molar-refractivity contribution < 1.29 is 28.2 Å². The Kier molecular flexibility index (Phi) is 5.98. The zero-order valence-corrected chi connectivity index (χ0v) is 16.4. The Labute approximate surface area is 177 Å². The predicted octanol–water partition coefficient (Wildman–Crippen LogP) is 3.50. The van der Waals surface area contributed by atoms with Crippen molar-refractivity contribution >= 4 is 17.5 Å². The number of halogens is 1. The van der Waals surface area contributed by atoms with Gasteiger partial charge in [-0.05, 0) is 42.0 Å². The van der Waals surface area contributed by atoms with Crippen molar-refractivity contribution in [3.05, 3.63) is 83.7 Å². The summed E-state index contributed by atoms with van der Waals surface area (Å²) in [5.41, 5.74) is 1.19. The number of anilines is 1. The van der Waals surface area contributed by atoms with Crippen LogP contribution in [0.25, 0.3) is 0 Å². The molecule has 3 aromatic rings. The molecule has 0 atom stereocenters. The summed E-state index contributed by atoms with van der Waals surface area (Å²) in [5, 5.41) is 5.25. The van der Waals surface area contributed by atoms with Gasteiger partial charge in [-0.2, -0.15) is 0 Å². The number of amides is 2. The lowest BCUT2D eigenvalue weighted by Gasteiger charge is -2.12. The van der Waals surface area contributed by atoms with E-state index in [0.717, 1.165) is 5.56 Å². The molecule has 0 bridgehead atoms. The van der Waals surface area contributed by atoms with Gasteiger partial charge in [-0.3, -0.25) is 9.59 Å². The van der Waals surface area contributed by atoms with Gasteiger partial charge in [0.25, 0.3) is 11.8 Å². The summed E-state index contributed by atoms with van der Waals surface area (Å²) in [6.07, 6.45) is 0. The second-order valence-corrected chi connectivity index (χ2v) is 6.68. The number of hydrogen-bond acceptors (Lipinski definition) is 5. The Hall–Kier alpha value is -4.07. The Morgan fingerprint density at radius 1 is 0.968 bits per heavy atom. The van der Waals surface area contributed by atoms with Crippen LogP contribution < -0.4 is 24.8 Å². The third-order valence-corrected chi connectivity index (χ3v) is 4.53. The summed E-state index contributed by atoms with van der Waals surface area (Å²) in [7, 11) is 0. The molecule has 158 valence electrons. The molecule has 0 radical (unpaired) electrons. The standard InChI is InChI=1S/C23H19FN2O5/c24-17-6-2-3-7-18(17)26-22(27)13-29-19-8-4-1-5-16(19)23(28)25-12-15-9-10-20-21(11-15)31-14-30-20/h1-11H,12-14H2,(H,25,28)(H,26,27). The van der Waals surface area contributed by atoms with Gasteiger partial charge in [-0.15, -0.1) is 0 Å². The van der Waals surface area contributed by atoms with Crippen LogP contribution in [0, 0.1) is 5.82 Å². The zero-order valence-electron chi connectivity index (χ0n) is 16.4. The van der Waals surface area contributed by atoms with Crippen LogP contribution in [-0.2, 0) is 11.3 Å². The summed E-state index contributed by atoms with van der Waals surface area (Å²) < 4.78 is 29.8. The van der Waals surface area contributed by atoms with Gasteiger partial charge in [0.15, 0.2) is 18.1 Å². The lowest BCUT2D eigenvalue weighted by molar-refractivity contribution is -0.118. The number of carbonyl (C=O) groups is 2. The minimum absolute atomic E-state index is 0.0610. The third-order valence-electron chi connectivity index (χ3n) is 4.53. The SMILES string of the molecule is O=C(COc1ccccc1C(=O)NCc1ccc2c(c1)OCO2)Nc1ccccc1F. The second kappa shape index (κ2) is 9.17. The minimum Gasteiger partial charge on any atom is -0.483 e. The van der Waals surface area contributed by atoms with E-state index < -0.39 is 11.7 Å². The Morgan fingerprint density at radius 2 is 1.74 bits per heavy atom. The van der Waals surface area contributed by atoms with Gasteiger partial charge in [0, 0.05) is 6.54 Å². The first-order chi connectivity index (χ1) is 15.1. The Morgan fingerprint density at radius 3 is 2.61 bits per heavy atom. The van der Waals surface area contributed by atoms with Gasteiger partial charge in [-0.25, -0.2) is 4.39 Å². The zero-order chi connectivity index (χ0) is 21.6. The summed E-state index contributed by atoms with van der Waals surface area (Å²) >= 11 is 0. The van der Waals surface area contributed by atoms with Crippen molar-refractivity contribution in [1.29, 1.82) is 0 Å². The van der Waals surface area contributed by atoms with E-state index in [1.165, 1.54) is 18.2 Å². The van der Waals surface area contributed by atoms with Gasteiger partial charge in [-0.1, -0.05) is 30.3 Å². The molecule has 0 fully saturated rings. The molecule has 1 heterocycles. The average Bonchev–Trinajstić information content (AvgIpc) is 3.26. The van der Waals surface area contributed by atoms with E-state index in [1.807, 2.05) is 6.07 Å². The summed E-state index contributed by atoms with van der Waals surface area (Å²) in [6.45, 7) is 0.0821. The maximum Gasteiger partial charge on any atom is 0.262 e. The van der Waals surface area contributed by atoms with Crippen molar-refractivity contribution in [2.24, 2.45) is 0 Å². The maximum absolute atomic E-state index is 13.7. The number of hydrogen-bond donors (Lipinski definition) is 2. The van der Waals surface area contributed by atoms with Crippen LogP contribution in [-0.4, -0.2) is 25.2 Å². The van der Waals surface area contributed by atoms with E-state index >= 15 is 0 Å². The van der Waals surface area contributed by atoms with E-state index in [1.54, 1.807) is 42.5 Å². The molecule has 0 aromatic heterocycles. The highest BCUT2D eigenvalue weighted by Gasteiger charge is 2.16. The highest BCUT2D eigenvalue weighted by molar-refractivity contribution is 5.97. The van der Waals surface area contributed by atoms with Crippen LogP contribution in [0.15, 0.2) is 66.7 Å². The Balaban J connectivity index is 1.35. The highest BCUT2D eigenvalue weighted by Crippen LogP contribution is 2.32. The number of para-hydroxylation sites is 2. The molecule has 2 amide bonds. The summed E-state index contributed by atoms with van der Waals surface area (Å²) in [4.78, 5) is 24.8. The van der Waals surface area contributed by atoms with Crippen molar-refractivity contribution in [2.75, 3.05) is 18.7 Å². The van der Waals surface area contributed by atoms with Gasteiger partial charge in [0.2, 0.25) is 6.79 Å². The van der Waals surface area contributed by atoms with E-state index in [0.29, 0.717) is 11.5 Å². The normalized spacial score (nSPS) is 11.6. The fourth-order valence-corrected chi connectivity index (χ4v) is 3.00. The topological polar surface area (TPSA) is 85.9 Å². The molecule has 7 nitrogen and oxygen atoms in total. The third kappa shape index (κ3) is 4.92. The molecule has 1 aliphatic rings. The number of nitrogens with one attached hydrogen (secondary N) is 2. The quantitative estimate of drug-likeness (QED) is 0.609. The number of carbonyl (C=O) groups excluding carboxylic acids is 2. The predicted molar refractivity (Wildman–Crippen MR) is 111 cm³/mol. The first-order valence-electron chi connectivity index (χ1n) is 9.53. The number of ether oxygens (including phenoxy) is 3. The van der Waals surface area contributed by atoms with Crippen LogP contribution in [0.4, 0.5) is 10.1 Å².